The number of methoxy groups -OCH3 is 2. The zero-order valence-corrected chi connectivity index (χ0v) is 12.1. The Hall–Kier alpha value is -3.29. The van der Waals surface area contributed by atoms with Gasteiger partial charge in [-0.2, -0.15) is 0 Å². The fourth-order valence-corrected chi connectivity index (χ4v) is 2.47. The first-order valence-corrected chi connectivity index (χ1v) is 6.39. The highest BCUT2D eigenvalue weighted by Gasteiger charge is 2.23. The van der Waals surface area contributed by atoms with Gasteiger partial charge in [0.2, 0.25) is 16.9 Å². The van der Waals surface area contributed by atoms with Crippen molar-refractivity contribution >= 4 is 21.9 Å². The molecule has 23 heavy (non-hydrogen) atoms. The summed E-state index contributed by atoms with van der Waals surface area (Å²) in [6.45, 7) is 0. The summed E-state index contributed by atoms with van der Waals surface area (Å²) in [5, 5.41) is 39.3. The lowest BCUT2D eigenvalue weighted by atomic mass is 10.1. The summed E-state index contributed by atoms with van der Waals surface area (Å²) in [6.07, 6.45) is 0. The van der Waals surface area contributed by atoms with Crippen LogP contribution in [-0.4, -0.2) is 34.6 Å². The smallest absolute Gasteiger partial charge is 0.208 e. The van der Waals surface area contributed by atoms with Gasteiger partial charge in [0.05, 0.1) is 14.2 Å². The highest BCUT2D eigenvalue weighted by atomic mass is 16.5. The van der Waals surface area contributed by atoms with Crippen molar-refractivity contribution in [2.24, 2.45) is 0 Å². The van der Waals surface area contributed by atoms with E-state index >= 15 is 0 Å². The molecule has 0 spiro atoms. The van der Waals surface area contributed by atoms with E-state index in [1.54, 1.807) is 0 Å². The Morgan fingerprint density at radius 2 is 1.22 bits per heavy atom. The molecule has 0 aliphatic rings. The van der Waals surface area contributed by atoms with Crippen LogP contribution in [0.25, 0.3) is 21.9 Å². The van der Waals surface area contributed by atoms with E-state index in [9.17, 15) is 25.2 Å². The van der Waals surface area contributed by atoms with Crippen LogP contribution in [0.2, 0.25) is 0 Å². The minimum Gasteiger partial charge on any atom is -0.504 e. The third-order valence-corrected chi connectivity index (χ3v) is 3.48. The Balaban J connectivity index is 2.60. The van der Waals surface area contributed by atoms with Gasteiger partial charge in [-0.25, -0.2) is 0 Å². The van der Waals surface area contributed by atoms with Crippen molar-refractivity contribution in [3.63, 3.8) is 0 Å². The lowest BCUT2D eigenvalue weighted by Crippen LogP contribution is -2.04. The van der Waals surface area contributed by atoms with Crippen LogP contribution >= 0.6 is 0 Å². The first kappa shape index (κ1) is 14.6. The van der Waals surface area contributed by atoms with Crippen molar-refractivity contribution < 1.29 is 34.3 Å². The quantitative estimate of drug-likeness (QED) is 0.526. The van der Waals surface area contributed by atoms with Crippen molar-refractivity contribution in [3.05, 3.63) is 22.4 Å². The molecule has 2 aromatic carbocycles. The van der Waals surface area contributed by atoms with E-state index in [-0.39, 0.29) is 33.4 Å². The average molecular weight is 320 g/mol. The van der Waals surface area contributed by atoms with Crippen LogP contribution in [0.1, 0.15) is 0 Å². The van der Waals surface area contributed by atoms with Gasteiger partial charge < -0.3 is 34.3 Å². The van der Waals surface area contributed by atoms with Gasteiger partial charge in [0.1, 0.15) is 21.9 Å². The third kappa shape index (κ3) is 1.88. The van der Waals surface area contributed by atoms with Gasteiger partial charge >= 0.3 is 0 Å². The maximum absolute atomic E-state index is 12.6. The van der Waals surface area contributed by atoms with Gasteiger partial charge in [-0.3, -0.25) is 4.79 Å². The zero-order valence-electron chi connectivity index (χ0n) is 12.1. The highest BCUT2D eigenvalue weighted by Crippen LogP contribution is 2.45. The maximum Gasteiger partial charge on any atom is 0.208 e. The Morgan fingerprint density at radius 3 is 1.57 bits per heavy atom. The maximum atomic E-state index is 12.6. The molecule has 0 bridgehead atoms. The molecule has 0 aliphatic heterocycles. The summed E-state index contributed by atoms with van der Waals surface area (Å²) in [5.74, 6) is -2.69. The number of phenols is 4. The zero-order chi connectivity index (χ0) is 16.9. The first-order chi connectivity index (χ1) is 10.9. The second-order valence-corrected chi connectivity index (χ2v) is 4.73. The molecule has 1 heterocycles. The molecule has 0 fully saturated rings. The van der Waals surface area contributed by atoms with E-state index in [0.29, 0.717) is 0 Å². The van der Waals surface area contributed by atoms with Crippen molar-refractivity contribution in [2.45, 2.75) is 0 Å². The van der Waals surface area contributed by atoms with Crippen LogP contribution < -0.4 is 14.9 Å². The molecule has 0 atom stereocenters. The minimum absolute atomic E-state index is 0.137. The second kappa shape index (κ2) is 4.87. The van der Waals surface area contributed by atoms with Crippen LogP contribution in [0.5, 0.6) is 34.5 Å². The van der Waals surface area contributed by atoms with Crippen LogP contribution in [0.3, 0.4) is 0 Å². The van der Waals surface area contributed by atoms with Crippen molar-refractivity contribution in [3.8, 4) is 34.5 Å². The highest BCUT2D eigenvalue weighted by molar-refractivity contribution is 5.99. The number of hydrogen-bond acceptors (Lipinski definition) is 8. The van der Waals surface area contributed by atoms with E-state index in [0.717, 1.165) is 12.1 Å². The summed E-state index contributed by atoms with van der Waals surface area (Å²) in [4.78, 5) is 12.6. The van der Waals surface area contributed by atoms with E-state index in [1.807, 2.05) is 0 Å². The molecule has 4 N–H and O–H groups in total. The van der Waals surface area contributed by atoms with E-state index in [4.69, 9.17) is 13.9 Å². The molecule has 8 nitrogen and oxygen atoms in total. The van der Waals surface area contributed by atoms with Crippen LogP contribution in [0.15, 0.2) is 21.3 Å². The van der Waals surface area contributed by atoms with Crippen LogP contribution in [-0.2, 0) is 0 Å². The molecular weight excluding hydrogens is 308 g/mol. The van der Waals surface area contributed by atoms with Crippen molar-refractivity contribution in [1.82, 2.24) is 0 Å². The number of hydrogen-bond donors (Lipinski definition) is 4. The summed E-state index contributed by atoms with van der Waals surface area (Å²) in [5.41, 5.74) is -1.04. The second-order valence-electron chi connectivity index (χ2n) is 4.73. The van der Waals surface area contributed by atoms with Crippen molar-refractivity contribution in [1.29, 1.82) is 0 Å². The molecule has 0 aliphatic carbocycles. The number of fused-ring (bicyclic) bond motifs is 2. The number of phenolic OH excluding ortho intramolecular Hbond substituents is 4. The molecule has 8 heteroatoms. The number of benzene rings is 2. The minimum atomic E-state index is -0.771. The Kier molecular flexibility index (Phi) is 3.10. The predicted molar refractivity (Wildman–Crippen MR) is 79.8 cm³/mol. The van der Waals surface area contributed by atoms with Crippen LogP contribution in [0.4, 0.5) is 0 Å². The fourth-order valence-electron chi connectivity index (χ4n) is 2.47. The standard InChI is InChI=1S/C15H12O8/c1-21-14-5(16)3-7-9(12(14)19)11(18)10-8(23-7)4-6(17)15(22-2)13(10)20/h3-4,16-17,19-20H,1-2H3. The Labute approximate surface area is 128 Å². The lowest BCUT2D eigenvalue weighted by molar-refractivity contribution is 0.345. The molecular formula is C15H12O8. The topological polar surface area (TPSA) is 130 Å². The third-order valence-electron chi connectivity index (χ3n) is 3.48. The van der Waals surface area contributed by atoms with Gasteiger partial charge in [0, 0.05) is 12.1 Å². The molecule has 0 radical (unpaired) electrons. The number of rotatable bonds is 2. The fraction of sp³-hybridized carbons (Fsp3) is 0.133. The van der Waals surface area contributed by atoms with Gasteiger partial charge in [0.25, 0.3) is 0 Å². The van der Waals surface area contributed by atoms with E-state index in [2.05, 4.69) is 0 Å². The summed E-state index contributed by atoms with van der Waals surface area (Å²) < 4.78 is 15.1. The molecule has 120 valence electrons. The van der Waals surface area contributed by atoms with Gasteiger partial charge in [-0.15, -0.1) is 0 Å². The van der Waals surface area contributed by atoms with Gasteiger partial charge in [0.15, 0.2) is 23.0 Å². The van der Waals surface area contributed by atoms with Crippen LogP contribution in [0, 0.1) is 0 Å². The molecule has 0 saturated carbocycles. The van der Waals surface area contributed by atoms with Gasteiger partial charge in [-0.1, -0.05) is 0 Å². The van der Waals surface area contributed by atoms with Crippen molar-refractivity contribution in [2.75, 3.05) is 14.2 Å². The van der Waals surface area contributed by atoms with E-state index in [1.165, 1.54) is 14.2 Å². The normalized spacial score (nSPS) is 11.0. The Morgan fingerprint density at radius 1 is 0.826 bits per heavy atom. The molecule has 0 amide bonds. The largest absolute Gasteiger partial charge is 0.504 e. The molecule has 3 aromatic rings. The average Bonchev–Trinajstić information content (AvgIpc) is 2.46. The summed E-state index contributed by atoms with van der Waals surface area (Å²) in [7, 11) is 2.42. The number of aromatic hydroxyl groups is 4. The van der Waals surface area contributed by atoms with E-state index < -0.39 is 28.4 Å². The summed E-state index contributed by atoms with van der Waals surface area (Å²) >= 11 is 0. The van der Waals surface area contributed by atoms with Gasteiger partial charge in [-0.05, 0) is 0 Å². The first-order valence-electron chi connectivity index (χ1n) is 6.39. The monoisotopic (exact) mass is 320 g/mol. The predicted octanol–water partition coefficient (Wildman–Crippen LogP) is 1.79. The number of ether oxygens (including phenoxy) is 2. The Bertz CT molecular complexity index is 925. The lowest BCUT2D eigenvalue weighted by Gasteiger charge is -2.11. The molecule has 3 rings (SSSR count). The SMILES string of the molecule is COc1c(O)cc2oc3cc(O)c(OC)c(O)c3c(=O)c2c1O. The molecule has 0 unspecified atom stereocenters. The molecule has 1 aromatic heterocycles. The summed E-state index contributed by atoms with van der Waals surface area (Å²) in [6, 6.07) is 2.18. The molecule has 0 saturated heterocycles.